The van der Waals surface area contributed by atoms with Crippen molar-refractivity contribution in [3.63, 3.8) is 0 Å². The highest BCUT2D eigenvalue weighted by atomic mass is 79.9. The van der Waals surface area contributed by atoms with Crippen LogP contribution in [0.1, 0.15) is 35.4 Å². The lowest BCUT2D eigenvalue weighted by Crippen LogP contribution is -2.12. The number of thiophene rings is 1. The van der Waals surface area contributed by atoms with Gasteiger partial charge >= 0.3 is 0 Å². The molecule has 0 radical (unpaired) electrons. The summed E-state index contributed by atoms with van der Waals surface area (Å²) in [7, 11) is 0. The Morgan fingerprint density at radius 1 is 1.59 bits per heavy atom. The summed E-state index contributed by atoms with van der Waals surface area (Å²) < 4.78 is 2.72. The maximum Gasteiger partial charge on any atom is 0.180 e. The quantitative estimate of drug-likeness (QED) is 0.815. The zero-order chi connectivity index (χ0) is 12.4. The summed E-state index contributed by atoms with van der Waals surface area (Å²) in [5.41, 5.74) is 0. The Kier molecular flexibility index (Phi) is 3.73. The first-order chi connectivity index (χ1) is 8.08. The summed E-state index contributed by atoms with van der Waals surface area (Å²) in [6.45, 7) is 4.04. The summed E-state index contributed by atoms with van der Waals surface area (Å²) in [6, 6.07) is 2.05. The third-order valence-electron chi connectivity index (χ3n) is 2.30. The van der Waals surface area contributed by atoms with Crippen LogP contribution in [0.2, 0.25) is 0 Å². The first-order valence-corrected chi connectivity index (χ1v) is 6.91. The van der Waals surface area contributed by atoms with Crippen LogP contribution in [0.5, 0.6) is 0 Å². The van der Waals surface area contributed by atoms with Crippen molar-refractivity contribution < 1.29 is 4.79 Å². The van der Waals surface area contributed by atoms with Crippen LogP contribution in [0, 0.1) is 0 Å². The maximum atomic E-state index is 12.0. The van der Waals surface area contributed by atoms with Gasteiger partial charge in [0.15, 0.2) is 5.78 Å². The first-order valence-electron chi connectivity index (χ1n) is 5.23. The van der Waals surface area contributed by atoms with E-state index in [4.69, 9.17) is 0 Å². The number of hydrogen-bond donors (Lipinski definition) is 0. The minimum atomic E-state index is 0.0793. The lowest BCUT2D eigenvalue weighted by Gasteiger charge is -2.08. The first kappa shape index (κ1) is 12.4. The largest absolute Gasteiger partial charge is 0.293 e. The van der Waals surface area contributed by atoms with E-state index in [2.05, 4.69) is 26.0 Å². The number of halogens is 1. The third kappa shape index (κ3) is 2.81. The molecule has 0 saturated carbocycles. The number of ketones is 1. The summed E-state index contributed by atoms with van der Waals surface area (Å²) in [5.74, 6) is 0.796. The Labute approximate surface area is 112 Å². The van der Waals surface area contributed by atoms with Crippen molar-refractivity contribution in [1.29, 1.82) is 0 Å². The minimum absolute atomic E-state index is 0.0793. The van der Waals surface area contributed by atoms with Gasteiger partial charge in [0.05, 0.1) is 11.3 Å². The van der Waals surface area contributed by atoms with E-state index in [-0.39, 0.29) is 11.8 Å². The van der Waals surface area contributed by atoms with Gasteiger partial charge in [0.1, 0.15) is 12.2 Å². The van der Waals surface area contributed by atoms with Gasteiger partial charge in [0.2, 0.25) is 0 Å². The zero-order valence-electron chi connectivity index (χ0n) is 9.55. The highest BCUT2D eigenvalue weighted by molar-refractivity contribution is 9.10. The molecule has 90 valence electrons. The summed E-state index contributed by atoms with van der Waals surface area (Å²) in [5, 5.41) is 6.02. The fourth-order valence-electron chi connectivity index (χ4n) is 1.52. The smallest absolute Gasteiger partial charge is 0.180 e. The molecule has 0 saturated heterocycles. The fourth-order valence-corrected chi connectivity index (χ4v) is 2.89. The maximum absolute atomic E-state index is 12.0. The fraction of sp³-hybridized carbons (Fsp3) is 0.364. The third-order valence-corrected chi connectivity index (χ3v) is 4.03. The lowest BCUT2D eigenvalue weighted by atomic mass is 10.2. The van der Waals surface area contributed by atoms with E-state index in [1.807, 2.05) is 25.3 Å². The number of carbonyl (C=O) groups excluding carboxylic acids is 1. The van der Waals surface area contributed by atoms with Crippen molar-refractivity contribution in [1.82, 2.24) is 14.8 Å². The van der Waals surface area contributed by atoms with Crippen molar-refractivity contribution in [2.75, 3.05) is 0 Å². The van der Waals surface area contributed by atoms with Crippen LogP contribution >= 0.6 is 27.3 Å². The lowest BCUT2D eigenvalue weighted by molar-refractivity contribution is 0.0993. The Morgan fingerprint density at radius 3 is 2.94 bits per heavy atom. The summed E-state index contributed by atoms with van der Waals surface area (Å²) in [4.78, 5) is 16.9. The SMILES string of the molecule is CC(C)n1ncnc1CC(=O)c1cc(Br)cs1. The molecule has 0 aliphatic heterocycles. The number of Topliss-reactive ketones (excluding diaryl/α,β-unsaturated/α-hetero) is 1. The molecule has 0 amide bonds. The summed E-state index contributed by atoms with van der Waals surface area (Å²) in [6.07, 6.45) is 1.79. The van der Waals surface area contributed by atoms with Gasteiger partial charge in [-0.3, -0.25) is 4.79 Å². The van der Waals surface area contributed by atoms with Crippen LogP contribution in [-0.4, -0.2) is 20.5 Å². The van der Waals surface area contributed by atoms with E-state index in [1.54, 1.807) is 4.68 Å². The van der Waals surface area contributed by atoms with Gasteiger partial charge in [-0.25, -0.2) is 9.67 Å². The highest BCUT2D eigenvalue weighted by Crippen LogP contribution is 2.21. The second kappa shape index (κ2) is 5.10. The van der Waals surface area contributed by atoms with Gasteiger partial charge in [0, 0.05) is 15.9 Å². The number of hydrogen-bond acceptors (Lipinski definition) is 4. The van der Waals surface area contributed by atoms with Crippen molar-refractivity contribution >= 4 is 33.0 Å². The second-order valence-electron chi connectivity index (χ2n) is 3.94. The molecule has 6 heteroatoms. The van der Waals surface area contributed by atoms with Crippen LogP contribution in [-0.2, 0) is 6.42 Å². The highest BCUT2D eigenvalue weighted by Gasteiger charge is 2.15. The van der Waals surface area contributed by atoms with E-state index in [0.717, 1.165) is 15.2 Å². The van der Waals surface area contributed by atoms with Crippen LogP contribution < -0.4 is 0 Å². The molecule has 0 N–H and O–H groups in total. The average Bonchev–Trinajstić information content (AvgIpc) is 2.86. The molecule has 0 spiro atoms. The molecule has 0 fully saturated rings. The predicted octanol–water partition coefficient (Wildman–Crippen LogP) is 3.11. The predicted molar refractivity (Wildman–Crippen MR) is 70.5 cm³/mol. The van der Waals surface area contributed by atoms with Crippen LogP contribution in [0.4, 0.5) is 0 Å². The number of aromatic nitrogens is 3. The van der Waals surface area contributed by atoms with Gasteiger partial charge in [-0.05, 0) is 35.8 Å². The molecule has 2 heterocycles. The Morgan fingerprint density at radius 2 is 2.35 bits per heavy atom. The van der Waals surface area contributed by atoms with Crippen LogP contribution in [0.15, 0.2) is 22.2 Å². The van der Waals surface area contributed by atoms with Gasteiger partial charge < -0.3 is 0 Å². The van der Waals surface area contributed by atoms with E-state index in [9.17, 15) is 4.79 Å². The molecule has 2 aromatic heterocycles. The molecule has 0 atom stereocenters. The van der Waals surface area contributed by atoms with Crippen LogP contribution in [0.3, 0.4) is 0 Å². The van der Waals surface area contributed by atoms with Crippen molar-refractivity contribution in [3.8, 4) is 0 Å². The Bertz CT molecular complexity index is 532. The molecule has 0 aliphatic carbocycles. The van der Waals surface area contributed by atoms with E-state index >= 15 is 0 Å². The molecular weight excluding hydrogens is 302 g/mol. The minimum Gasteiger partial charge on any atom is -0.293 e. The van der Waals surface area contributed by atoms with Crippen molar-refractivity contribution in [3.05, 3.63) is 32.9 Å². The second-order valence-corrected chi connectivity index (χ2v) is 5.77. The number of nitrogens with zero attached hydrogens (tertiary/aromatic N) is 3. The number of rotatable bonds is 4. The molecule has 2 rings (SSSR count). The van der Waals surface area contributed by atoms with Gasteiger partial charge in [-0.15, -0.1) is 11.3 Å². The Balaban J connectivity index is 2.16. The molecule has 17 heavy (non-hydrogen) atoms. The number of carbonyl (C=O) groups is 1. The van der Waals surface area contributed by atoms with Gasteiger partial charge in [-0.1, -0.05) is 0 Å². The van der Waals surface area contributed by atoms with Gasteiger partial charge in [-0.2, -0.15) is 5.10 Å². The van der Waals surface area contributed by atoms with E-state index in [1.165, 1.54) is 17.7 Å². The Hall–Kier alpha value is -1.01. The molecule has 0 aromatic carbocycles. The molecule has 0 unspecified atom stereocenters. The molecule has 2 aromatic rings. The molecular formula is C11H12BrN3OS. The van der Waals surface area contributed by atoms with E-state index < -0.39 is 0 Å². The van der Waals surface area contributed by atoms with Crippen molar-refractivity contribution in [2.24, 2.45) is 0 Å². The topological polar surface area (TPSA) is 47.8 Å². The van der Waals surface area contributed by atoms with Crippen molar-refractivity contribution in [2.45, 2.75) is 26.3 Å². The monoisotopic (exact) mass is 313 g/mol. The van der Waals surface area contributed by atoms with Crippen LogP contribution in [0.25, 0.3) is 0 Å². The summed E-state index contributed by atoms with van der Waals surface area (Å²) >= 11 is 4.78. The normalized spacial score (nSPS) is 11.1. The average molecular weight is 314 g/mol. The standard InChI is InChI=1S/C11H12BrN3OS/c1-7(2)15-11(13-6-14-15)4-9(16)10-3-8(12)5-17-10/h3,5-7H,4H2,1-2H3. The molecule has 4 nitrogen and oxygen atoms in total. The molecule has 0 bridgehead atoms. The van der Waals surface area contributed by atoms with E-state index in [0.29, 0.717) is 6.42 Å². The zero-order valence-corrected chi connectivity index (χ0v) is 12.0. The molecule has 0 aliphatic rings. The van der Waals surface area contributed by atoms with Gasteiger partial charge in [0.25, 0.3) is 0 Å².